The quantitative estimate of drug-likeness (QED) is 0.377. The molecule has 0 aromatic heterocycles. The van der Waals surface area contributed by atoms with Gasteiger partial charge in [-0.3, -0.25) is 0 Å². The highest BCUT2D eigenvalue weighted by Crippen LogP contribution is 2.46. The van der Waals surface area contributed by atoms with Crippen molar-refractivity contribution in [3.63, 3.8) is 0 Å². The number of rotatable bonds is 7. The van der Waals surface area contributed by atoms with Gasteiger partial charge < -0.3 is 4.74 Å². The maximum atomic E-state index is 5.67. The molecule has 0 aliphatic heterocycles. The summed E-state index contributed by atoms with van der Waals surface area (Å²) < 4.78 is 6.78. The van der Waals surface area contributed by atoms with E-state index in [4.69, 9.17) is 4.74 Å². The van der Waals surface area contributed by atoms with Crippen LogP contribution in [0.25, 0.3) is 0 Å². The van der Waals surface area contributed by atoms with E-state index >= 15 is 0 Å². The second-order valence-corrected chi connectivity index (χ2v) is 8.32. The number of benzene rings is 2. The Bertz CT molecular complexity index is 514. The van der Waals surface area contributed by atoms with Crippen LogP contribution in [-0.2, 0) is 4.74 Å². The van der Waals surface area contributed by atoms with E-state index in [0.29, 0.717) is 0 Å². The average molecular weight is 363 g/mol. The SMILES string of the molecule is CCCCO/C=C(\Br)P(c1ccccc1)c1ccccc1. The van der Waals surface area contributed by atoms with Crippen molar-refractivity contribution in [1.29, 1.82) is 0 Å². The van der Waals surface area contributed by atoms with Gasteiger partial charge in [-0.15, -0.1) is 0 Å². The number of unbranched alkanes of at least 4 members (excludes halogenated alkanes) is 1. The van der Waals surface area contributed by atoms with Crippen LogP contribution in [0.5, 0.6) is 0 Å². The van der Waals surface area contributed by atoms with E-state index in [1.54, 1.807) is 0 Å². The van der Waals surface area contributed by atoms with Gasteiger partial charge in [0.2, 0.25) is 0 Å². The predicted octanol–water partition coefficient (Wildman–Crippen LogP) is 5.13. The highest BCUT2D eigenvalue weighted by Gasteiger charge is 2.17. The largest absolute Gasteiger partial charge is 0.500 e. The highest BCUT2D eigenvalue weighted by atomic mass is 79.9. The lowest BCUT2D eigenvalue weighted by atomic mass is 10.4. The van der Waals surface area contributed by atoms with Crippen LogP contribution in [0.2, 0.25) is 0 Å². The molecule has 0 aliphatic carbocycles. The summed E-state index contributed by atoms with van der Waals surface area (Å²) in [5.41, 5.74) is 0. The van der Waals surface area contributed by atoms with Crippen LogP contribution in [0.4, 0.5) is 0 Å². The highest BCUT2D eigenvalue weighted by molar-refractivity contribution is 9.13. The van der Waals surface area contributed by atoms with Gasteiger partial charge in [0, 0.05) is 0 Å². The molecule has 3 heteroatoms. The predicted molar refractivity (Wildman–Crippen MR) is 96.9 cm³/mol. The zero-order valence-electron chi connectivity index (χ0n) is 12.2. The Balaban J connectivity index is 2.24. The van der Waals surface area contributed by atoms with Crippen molar-refractivity contribution >= 4 is 34.5 Å². The van der Waals surface area contributed by atoms with Crippen molar-refractivity contribution in [3.8, 4) is 0 Å². The number of halogens is 1. The van der Waals surface area contributed by atoms with Crippen molar-refractivity contribution in [2.24, 2.45) is 0 Å². The van der Waals surface area contributed by atoms with Gasteiger partial charge in [0.25, 0.3) is 0 Å². The smallest absolute Gasteiger partial charge is 0.0981 e. The standard InChI is InChI=1S/C18H20BrOP/c1-2-3-14-20-15-18(19)21(16-10-6-4-7-11-16)17-12-8-5-9-13-17/h4-13,15H,2-3,14H2,1H3/b18-15+. The third-order valence-electron chi connectivity index (χ3n) is 3.04. The van der Waals surface area contributed by atoms with Crippen LogP contribution < -0.4 is 10.6 Å². The van der Waals surface area contributed by atoms with Crippen LogP contribution in [0.1, 0.15) is 19.8 Å². The van der Waals surface area contributed by atoms with E-state index in [2.05, 4.69) is 83.5 Å². The zero-order valence-corrected chi connectivity index (χ0v) is 14.7. The molecule has 2 rings (SSSR count). The monoisotopic (exact) mass is 362 g/mol. The lowest BCUT2D eigenvalue weighted by Gasteiger charge is -2.18. The van der Waals surface area contributed by atoms with E-state index in [1.807, 2.05) is 6.26 Å². The van der Waals surface area contributed by atoms with Crippen LogP contribution in [-0.4, -0.2) is 6.61 Å². The fourth-order valence-electron chi connectivity index (χ4n) is 1.96. The van der Waals surface area contributed by atoms with E-state index < -0.39 is 7.92 Å². The third-order valence-corrected chi connectivity index (χ3v) is 6.45. The Kier molecular flexibility index (Phi) is 6.99. The molecule has 1 nitrogen and oxygen atoms in total. The molecular formula is C18H20BrOP. The van der Waals surface area contributed by atoms with Crippen LogP contribution >= 0.6 is 23.9 Å². The molecule has 0 N–H and O–H groups in total. The van der Waals surface area contributed by atoms with Crippen LogP contribution in [0.3, 0.4) is 0 Å². The first kappa shape index (κ1) is 16.3. The molecule has 110 valence electrons. The first-order chi connectivity index (χ1) is 10.3. The molecule has 0 radical (unpaired) electrons. The van der Waals surface area contributed by atoms with Crippen molar-refractivity contribution in [2.45, 2.75) is 19.8 Å². The molecule has 2 aromatic rings. The number of hydrogen-bond donors (Lipinski definition) is 0. The van der Waals surface area contributed by atoms with Gasteiger partial charge in [0.15, 0.2) is 0 Å². The summed E-state index contributed by atoms with van der Waals surface area (Å²) in [6, 6.07) is 21.2. The Morgan fingerprint density at radius 3 is 2.00 bits per heavy atom. The van der Waals surface area contributed by atoms with Crippen LogP contribution in [0, 0.1) is 0 Å². The molecule has 0 heterocycles. The Hall–Kier alpha value is -1.11. The molecule has 21 heavy (non-hydrogen) atoms. The van der Waals surface area contributed by atoms with Crippen molar-refractivity contribution in [3.05, 3.63) is 71.1 Å². The molecule has 0 atom stereocenters. The Morgan fingerprint density at radius 2 is 1.52 bits per heavy atom. The van der Waals surface area contributed by atoms with Gasteiger partial charge in [-0.1, -0.05) is 74.0 Å². The fourth-order valence-corrected chi connectivity index (χ4v) is 5.23. The van der Waals surface area contributed by atoms with Crippen molar-refractivity contribution < 1.29 is 4.74 Å². The lowest BCUT2D eigenvalue weighted by Crippen LogP contribution is -2.11. The molecule has 0 saturated heterocycles. The molecule has 0 bridgehead atoms. The fraction of sp³-hybridized carbons (Fsp3) is 0.222. The van der Waals surface area contributed by atoms with Gasteiger partial charge in [-0.05, 0) is 40.9 Å². The van der Waals surface area contributed by atoms with Gasteiger partial charge in [0.05, 0.1) is 17.1 Å². The van der Waals surface area contributed by atoms with Crippen molar-refractivity contribution in [2.75, 3.05) is 6.61 Å². The normalized spacial score (nSPS) is 11.7. The average Bonchev–Trinajstić information content (AvgIpc) is 2.54. The summed E-state index contributed by atoms with van der Waals surface area (Å²) in [5, 5.41) is 2.64. The molecule has 0 amide bonds. The molecule has 0 unspecified atom stereocenters. The van der Waals surface area contributed by atoms with Gasteiger partial charge in [-0.2, -0.15) is 0 Å². The van der Waals surface area contributed by atoms with Crippen LogP contribution in [0.15, 0.2) is 71.1 Å². The number of ether oxygens (including phenoxy) is 1. The van der Waals surface area contributed by atoms with E-state index in [-0.39, 0.29) is 0 Å². The summed E-state index contributed by atoms with van der Waals surface area (Å²) in [7, 11) is -0.580. The van der Waals surface area contributed by atoms with E-state index in [9.17, 15) is 0 Å². The Labute approximate surface area is 136 Å². The molecular weight excluding hydrogens is 343 g/mol. The summed E-state index contributed by atoms with van der Waals surface area (Å²) in [6.07, 6.45) is 4.12. The number of hydrogen-bond acceptors (Lipinski definition) is 1. The minimum absolute atomic E-state index is 0.580. The summed E-state index contributed by atoms with van der Waals surface area (Å²) in [4.78, 5) is 0. The summed E-state index contributed by atoms with van der Waals surface area (Å²) in [6.45, 7) is 2.95. The molecule has 0 saturated carbocycles. The first-order valence-electron chi connectivity index (χ1n) is 7.20. The molecule has 2 aromatic carbocycles. The molecule has 0 spiro atoms. The minimum Gasteiger partial charge on any atom is -0.500 e. The van der Waals surface area contributed by atoms with E-state index in [1.165, 1.54) is 10.6 Å². The minimum atomic E-state index is -0.580. The van der Waals surface area contributed by atoms with Gasteiger partial charge in [0.1, 0.15) is 0 Å². The van der Waals surface area contributed by atoms with Gasteiger partial charge >= 0.3 is 0 Å². The van der Waals surface area contributed by atoms with E-state index in [0.717, 1.165) is 23.7 Å². The summed E-state index contributed by atoms with van der Waals surface area (Å²) in [5.74, 6) is 0. The van der Waals surface area contributed by atoms with Crippen molar-refractivity contribution in [1.82, 2.24) is 0 Å². The summed E-state index contributed by atoms with van der Waals surface area (Å²) >= 11 is 3.73. The molecule has 0 aliphatic rings. The Morgan fingerprint density at radius 1 is 1.00 bits per heavy atom. The molecule has 0 fully saturated rings. The third kappa shape index (κ3) is 4.98. The first-order valence-corrected chi connectivity index (χ1v) is 9.34. The maximum Gasteiger partial charge on any atom is 0.0981 e. The lowest BCUT2D eigenvalue weighted by molar-refractivity contribution is 0.244. The topological polar surface area (TPSA) is 9.23 Å². The maximum absolute atomic E-state index is 5.67. The second kappa shape index (κ2) is 9.02. The zero-order chi connectivity index (χ0) is 14.9. The second-order valence-electron chi connectivity index (χ2n) is 4.67. The van der Waals surface area contributed by atoms with Gasteiger partial charge in [-0.25, -0.2) is 0 Å².